The first-order valence-electron chi connectivity index (χ1n) is 8.51. The van der Waals surface area contributed by atoms with Gasteiger partial charge in [0.05, 0.1) is 20.3 Å². The zero-order valence-corrected chi connectivity index (χ0v) is 14.6. The Balaban J connectivity index is 1.59. The maximum absolute atomic E-state index is 12.3. The molecule has 0 heterocycles. The highest BCUT2D eigenvalue weighted by Gasteiger charge is 2.33. The fourth-order valence-electron chi connectivity index (χ4n) is 2.93. The maximum atomic E-state index is 12.3. The van der Waals surface area contributed by atoms with Gasteiger partial charge in [-0.2, -0.15) is 0 Å². The molecule has 0 radical (unpaired) electrons. The topological polar surface area (TPSA) is 59.6 Å². The summed E-state index contributed by atoms with van der Waals surface area (Å²) in [5.74, 6) is 1.87. The van der Waals surface area contributed by atoms with E-state index in [0.29, 0.717) is 24.0 Å². The SMILES string of the molecule is COc1ccc(CNC(=O)N[C@H](c2ccccc2)C2CC2)cc1OC. The van der Waals surface area contributed by atoms with Gasteiger partial charge in [0, 0.05) is 6.54 Å². The van der Waals surface area contributed by atoms with Gasteiger partial charge in [0.2, 0.25) is 0 Å². The standard InChI is InChI=1S/C20H24N2O3/c1-24-17-11-8-14(12-18(17)25-2)13-21-20(23)22-19(16-9-10-16)15-6-4-3-5-7-15/h3-8,11-12,16,19H,9-10,13H2,1-2H3,(H2,21,22,23)/t19-/m1/s1. The lowest BCUT2D eigenvalue weighted by molar-refractivity contribution is 0.235. The Morgan fingerprint density at radius 2 is 1.80 bits per heavy atom. The Morgan fingerprint density at radius 1 is 1.08 bits per heavy atom. The van der Waals surface area contributed by atoms with E-state index in [2.05, 4.69) is 22.8 Å². The molecule has 2 aromatic carbocycles. The highest BCUT2D eigenvalue weighted by atomic mass is 16.5. The molecule has 2 amide bonds. The molecule has 2 aromatic rings. The van der Waals surface area contributed by atoms with Crippen LogP contribution in [0.15, 0.2) is 48.5 Å². The van der Waals surface area contributed by atoms with Crippen LogP contribution in [0.4, 0.5) is 4.79 Å². The molecule has 132 valence electrons. The number of rotatable bonds is 7. The van der Waals surface area contributed by atoms with Gasteiger partial charge in [0.1, 0.15) is 0 Å². The van der Waals surface area contributed by atoms with Gasteiger partial charge in [-0.05, 0) is 42.0 Å². The summed E-state index contributed by atoms with van der Waals surface area (Å²) >= 11 is 0. The molecule has 5 nitrogen and oxygen atoms in total. The number of methoxy groups -OCH3 is 2. The molecular formula is C20H24N2O3. The zero-order chi connectivity index (χ0) is 17.6. The minimum Gasteiger partial charge on any atom is -0.493 e. The van der Waals surface area contributed by atoms with E-state index in [0.717, 1.165) is 24.0 Å². The van der Waals surface area contributed by atoms with E-state index in [1.54, 1.807) is 14.2 Å². The number of hydrogen-bond acceptors (Lipinski definition) is 3. The first-order valence-corrected chi connectivity index (χ1v) is 8.51. The van der Waals surface area contributed by atoms with Crippen LogP contribution in [0.1, 0.15) is 30.0 Å². The van der Waals surface area contributed by atoms with Gasteiger partial charge in [0.15, 0.2) is 11.5 Å². The van der Waals surface area contributed by atoms with Crippen molar-refractivity contribution in [3.8, 4) is 11.5 Å². The van der Waals surface area contributed by atoms with Crippen molar-refractivity contribution < 1.29 is 14.3 Å². The largest absolute Gasteiger partial charge is 0.493 e. The first-order chi connectivity index (χ1) is 12.2. The third-order valence-electron chi connectivity index (χ3n) is 4.44. The highest BCUT2D eigenvalue weighted by molar-refractivity contribution is 5.74. The fourth-order valence-corrected chi connectivity index (χ4v) is 2.93. The lowest BCUT2D eigenvalue weighted by atomic mass is 10.0. The summed E-state index contributed by atoms with van der Waals surface area (Å²) in [6, 6.07) is 15.7. The van der Waals surface area contributed by atoms with Gasteiger partial charge in [0.25, 0.3) is 0 Å². The van der Waals surface area contributed by atoms with E-state index in [1.807, 2.05) is 36.4 Å². The van der Waals surface area contributed by atoms with Gasteiger partial charge < -0.3 is 20.1 Å². The van der Waals surface area contributed by atoms with Crippen molar-refractivity contribution in [1.29, 1.82) is 0 Å². The Hall–Kier alpha value is -2.69. The van der Waals surface area contributed by atoms with Gasteiger partial charge in [-0.15, -0.1) is 0 Å². The number of amides is 2. The summed E-state index contributed by atoms with van der Waals surface area (Å²) in [5.41, 5.74) is 2.11. The number of nitrogens with one attached hydrogen (secondary N) is 2. The van der Waals surface area contributed by atoms with Crippen molar-refractivity contribution in [2.45, 2.75) is 25.4 Å². The third-order valence-corrected chi connectivity index (χ3v) is 4.44. The number of carbonyl (C=O) groups is 1. The summed E-state index contributed by atoms with van der Waals surface area (Å²) in [5, 5.41) is 6.03. The zero-order valence-electron chi connectivity index (χ0n) is 14.6. The molecular weight excluding hydrogens is 316 g/mol. The molecule has 0 aromatic heterocycles. The monoisotopic (exact) mass is 340 g/mol. The third kappa shape index (κ3) is 4.44. The van der Waals surface area contributed by atoms with Crippen LogP contribution in [0.3, 0.4) is 0 Å². The van der Waals surface area contributed by atoms with Gasteiger partial charge in [-0.25, -0.2) is 4.79 Å². The first kappa shape index (κ1) is 17.1. The molecule has 1 fully saturated rings. The molecule has 5 heteroatoms. The number of urea groups is 1. The predicted molar refractivity (Wildman–Crippen MR) is 96.8 cm³/mol. The van der Waals surface area contributed by atoms with Gasteiger partial charge in [-0.1, -0.05) is 36.4 Å². The van der Waals surface area contributed by atoms with E-state index in [1.165, 1.54) is 0 Å². The van der Waals surface area contributed by atoms with E-state index in [9.17, 15) is 4.79 Å². The van der Waals surface area contributed by atoms with E-state index < -0.39 is 0 Å². The fraction of sp³-hybridized carbons (Fsp3) is 0.350. The lowest BCUT2D eigenvalue weighted by Crippen LogP contribution is -2.38. The molecule has 1 aliphatic rings. The van der Waals surface area contributed by atoms with Crippen LogP contribution in [0.2, 0.25) is 0 Å². The summed E-state index contributed by atoms with van der Waals surface area (Å²) in [6.07, 6.45) is 2.32. The van der Waals surface area contributed by atoms with Crippen molar-refractivity contribution in [1.82, 2.24) is 10.6 Å². The Kier molecular flexibility index (Phi) is 5.43. The van der Waals surface area contributed by atoms with Crippen molar-refractivity contribution in [2.24, 2.45) is 5.92 Å². The number of benzene rings is 2. The molecule has 0 aliphatic heterocycles. The molecule has 0 bridgehead atoms. The average Bonchev–Trinajstić information content (AvgIpc) is 3.50. The van der Waals surface area contributed by atoms with Crippen molar-refractivity contribution >= 4 is 6.03 Å². The highest BCUT2D eigenvalue weighted by Crippen LogP contribution is 2.40. The Bertz CT molecular complexity index is 714. The maximum Gasteiger partial charge on any atom is 0.315 e. The molecule has 3 rings (SSSR count). The minimum atomic E-state index is -0.157. The molecule has 1 atom stereocenters. The second kappa shape index (κ2) is 7.92. The van der Waals surface area contributed by atoms with Crippen LogP contribution in [-0.4, -0.2) is 20.3 Å². The normalized spacial score (nSPS) is 14.5. The van der Waals surface area contributed by atoms with E-state index in [4.69, 9.17) is 9.47 Å². The molecule has 25 heavy (non-hydrogen) atoms. The second-order valence-corrected chi connectivity index (χ2v) is 6.24. The van der Waals surface area contributed by atoms with E-state index in [-0.39, 0.29) is 12.1 Å². The second-order valence-electron chi connectivity index (χ2n) is 6.24. The van der Waals surface area contributed by atoms with Gasteiger partial charge >= 0.3 is 6.03 Å². The summed E-state index contributed by atoms with van der Waals surface area (Å²) in [6.45, 7) is 0.429. The summed E-state index contributed by atoms with van der Waals surface area (Å²) in [7, 11) is 3.20. The minimum absolute atomic E-state index is 0.0756. The van der Waals surface area contributed by atoms with Crippen LogP contribution in [0.5, 0.6) is 11.5 Å². The average molecular weight is 340 g/mol. The molecule has 0 spiro atoms. The van der Waals surface area contributed by atoms with Crippen molar-refractivity contribution in [2.75, 3.05) is 14.2 Å². The Labute approximate surface area is 148 Å². The Morgan fingerprint density at radius 3 is 2.44 bits per heavy atom. The smallest absolute Gasteiger partial charge is 0.315 e. The lowest BCUT2D eigenvalue weighted by Gasteiger charge is -2.19. The van der Waals surface area contributed by atoms with Crippen molar-refractivity contribution in [3.63, 3.8) is 0 Å². The number of ether oxygens (including phenoxy) is 2. The number of carbonyl (C=O) groups excluding carboxylic acids is 1. The molecule has 0 unspecified atom stereocenters. The van der Waals surface area contributed by atoms with Crippen LogP contribution in [-0.2, 0) is 6.54 Å². The number of hydrogen-bond donors (Lipinski definition) is 2. The molecule has 1 saturated carbocycles. The van der Waals surface area contributed by atoms with Crippen LogP contribution >= 0.6 is 0 Å². The summed E-state index contributed by atoms with van der Waals surface area (Å²) in [4.78, 5) is 12.3. The molecule has 1 aliphatic carbocycles. The van der Waals surface area contributed by atoms with Crippen molar-refractivity contribution in [3.05, 3.63) is 59.7 Å². The summed E-state index contributed by atoms with van der Waals surface area (Å²) < 4.78 is 10.5. The predicted octanol–water partition coefficient (Wildman–Crippen LogP) is 3.65. The van der Waals surface area contributed by atoms with Crippen LogP contribution < -0.4 is 20.1 Å². The van der Waals surface area contributed by atoms with Crippen LogP contribution in [0, 0.1) is 5.92 Å². The van der Waals surface area contributed by atoms with Gasteiger partial charge in [-0.3, -0.25) is 0 Å². The quantitative estimate of drug-likeness (QED) is 0.809. The van der Waals surface area contributed by atoms with E-state index >= 15 is 0 Å². The van der Waals surface area contributed by atoms with Crippen LogP contribution in [0.25, 0.3) is 0 Å². The molecule has 2 N–H and O–H groups in total. The molecule has 0 saturated heterocycles.